The summed E-state index contributed by atoms with van der Waals surface area (Å²) in [6, 6.07) is 0. The van der Waals surface area contributed by atoms with E-state index in [-0.39, 0.29) is 57.4 Å². The van der Waals surface area contributed by atoms with Gasteiger partial charge in [0.25, 0.3) is 0 Å². The Balaban J connectivity index is 0.000000139. The number of aliphatic hydroxyl groups is 4. The number of fused-ring (bicyclic) bond motifs is 20. The molecule has 2 aliphatic heterocycles. The first-order valence-electron chi connectivity index (χ1n) is 26.8. The van der Waals surface area contributed by atoms with E-state index in [1.807, 2.05) is 0 Å². The van der Waals surface area contributed by atoms with Crippen molar-refractivity contribution in [1.29, 1.82) is 0 Å². The van der Waals surface area contributed by atoms with Crippen LogP contribution in [0.5, 0.6) is 0 Å². The number of carbonyl (C=O) groups excluding carboxylic acids is 1. The van der Waals surface area contributed by atoms with Crippen LogP contribution in [0, 0.1) is 105 Å². The Bertz CT molecular complexity index is 1940. The normalized spacial score (nSPS) is 57.4. The Morgan fingerprint density at radius 1 is 0.621 bits per heavy atom. The van der Waals surface area contributed by atoms with E-state index in [0.29, 0.717) is 77.3 Å². The zero-order chi connectivity index (χ0) is 45.3. The average molecular weight is 999 g/mol. The van der Waals surface area contributed by atoms with Gasteiger partial charge in [-0.3, -0.25) is 4.79 Å². The van der Waals surface area contributed by atoms with E-state index < -0.39 is 16.8 Å². The molecule has 66 heavy (non-hydrogen) atoms. The van der Waals surface area contributed by atoms with E-state index in [2.05, 4.69) is 33.8 Å². The van der Waals surface area contributed by atoms with Gasteiger partial charge in [-0.25, -0.2) is 0 Å². The summed E-state index contributed by atoms with van der Waals surface area (Å²) >= 11 is 1.69. The van der Waals surface area contributed by atoms with Crippen molar-refractivity contribution in [3.8, 4) is 0 Å². The molecule has 0 spiro atoms. The summed E-state index contributed by atoms with van der Waals surface area (Å²) in [6.45, 7) is 12.8. The molecule has 0 bridgehead atoms. The minimum atomic E-state index is -0.683. The summed E-state index contributed by atoms with van der Waals surface area (Å²) < 4.78 is 31.4. The van der Waals surface area contributed by atoms with Gasteiger partial charge < -0.3 is 39.4 Å². The predicted molar refractivity (Wildman–Crippen MR) is 235 cm³/mol. The quantitative estimate of drug-likeness (QED) is 0.194. The van der Waals surface area contributed by atoms with Crippen LogP contribution in [-0.2, 0) is 60.6 Å². The van der Waals surface area contributed by atoms with Crippen molar-refractivity contribution in [1.82, 2.24) is 0 Å². The van der Waals surface area contributed by atoms with Gasteiger partial charge in [-0.2, -0.15) is 0 Å². The zero-order valence-corrected chi connectivity index (χ0v) is 42.5. The molecule has 10 nitrogen and oxygen atoms in total. The molecule has 0 amide bonds. The van der Waals surface area contributed by atoms with Crippen molar-refractivity contribution < 1.29 is 81.0 Å². The molecule has 370 valence electrons. The van der Waals surface area contributed by atoms with Crippen LogP contribution < -0.4 is 0 Å². The standard InChI is InChI=1S/C27H42O5.C27H38O4.2Mn.O/c1-24-7-4-15(28)14-27(24,30)19-12-16(19)22-18(24)5-8-25(2)23(22)17-13-20(17)26(25,29)9-6-21-31-10-3-11-32-21;1-25-7-4-15(28)12-20(25)16-13-17(16)23-19(25)5-8-26(2)24(23)18-14-21(18)27(26,29)9-6-22-30-10-3-11-31-22;;;/h15-23,28-30H,3-14H2,1-2H3;12,16-19,21-24,29H,3-11,13-14H2,1-2H3;;;/t15-,16-,17+,18?,19+,20-,22?,23?,24+,25-,26-,27+;16-,17+,18-,19?,21+,23?,24?,25-,26+,27+;;;/m01.../s1. The number of ketones is 1. The molecular formula is C54H80Mn2O10. The third kappa shape index (κ3) is 6.59. The summed E-state index contributed by atoms with van der Waals surface area (Å²) in [5.74, 6) is 8.97. The molecule has 4 N–H and O–H groups in total. The van der Waals surface area contributed by atoms with Crippen molar-refractivity contribution in [3.63, 3.8) is 0 Å². The van der Waals surface area contributed by atoms with E-state index in [0.717, 1.165) is 134 Å². The summed E-state index contributed by atoms with van der Waals surface area (Å²) in [4.78, 5) is 12.2. The fraction of sp³-hybridized carbons (Fsp3) is 0.944. The Morgan fingerprint density at radius 3 is 1.68 bits per heavy atom. The van der Waals surface area contributed by atoms with Gasteiger partial charge in [0.05, 0.1) is 49.3 Å². The van der Waals surface area contributed by atoms with Crippen molar-refractivity contribution in [3.05, 3.63) is 11.6 Å². The predicted octanol–water partition coefficient (Wildman–Crippen LogP) is 7.87. The van der Waals surface area contributed by atoms with E-state index in [4.69, 9.17) is 22.8 Å². The fourth-order valence-corrected chi connectivity index (χ4v) is 20.8. The van der Waals surface area contributed by atoms with Crippen LogP contribution in [0.15, 0.2) is 11.6 Å². The minimum absolute atomic E-state index is 0. The van der Waals surface area contributed by atoms with E-state index in [9.17, 15) is 25.2 Å². The van der Waals surface area contributed by atoms with Crippen LogP contribution in [0.3, 0.4) is 0 Å². The number of rotatable bonds is 6. The fourth-order valence-electron chi connectivity index (χ4n) is 20.8. The van der Waals surface area contributed by atoms with Gasteiger partial charge in [-0.15, -0.1) is 0 Å². The molecule has 6 unspecified atom stereocenters. The molecule has 14 aliphatic rings. The van der Waals surface area contributed by atoms with E-state index >= 15 is 0 Å². The summed E-state index contributed by atoms with van der Waals surface area (Å²) in [5.41, 5.74) is -0.157. The maximum atomic E-state index is 12.3. The maximum absolute atomic E-state index is 12.3. The van der Waals surface area contributed by atoms with E-state index in [1.54, 1.807) is 15.9 Å². The Morgan fingerprint density at radius 2 is 1.12 bits per heavy atom. The second-order valence-corrected chi connectivity index (χ2v) is 26.1. The van der Waals surface area contributed by atoms with Gasteiger partial charge in [-0.05, 0) is 207 Å². The molecule has 1 radical (unpaired) electrons. The molecule has 2 heterocycles. The summed E-state index contributed by atoms with van der Waals surface area (Å²) in [6.07, 6.45) is 20.2. The topological polar surface area (TPSA) is 152 Å². The van der Waals surface area contributed by atoms with Crippen molar-refractivity contribution in [2.75, 3.05) is 26.4 Å². The van der Waals surface area contributed by atoms with Crippen molar-refractivity contribution >= 4 is 5.78 Å². The molecule has 12 aliphatic carbocycles. The molecule has 2 saturated heterocycles. The van der Waals surface area contributed by atoms with Crippen molar-refractivity contribution in [2.45, 2.75) is 185 Å². The number of hydrogen-bond acceptors (Lipinski definition) is 10. The Labute approximate surface area is 412 Å². The zero-order valence-electron chi connectivity index (χ0n) is 40.2. The molecule has 0 aromatic heterocycles. The molecule has 22 atom stereocenters. The molecule has 13 fully saturated rings. The number of allylic oxidation sites excluding steroid dienone is 1. The van der Waals surface area contributed by atoms with Gasteiger partial charge in [0.2, 0.25) is 0 Å². The average Bonchev–Trinajstić information content (AvgIpc) is 4.11. The van der Waals surface area contributed by atoms with Gasteiger partial charge in [0, 0.05) is 42.8 Å². The molecule has 11 saturated carbocycles. The van der Waals surface area contributed by atoms with Gasteiger partial charge in [0.15, 0.2) is 18.4 Å². The Hall–Kier alpha value is -0.0710. The van der Waals surface area contributed by atoms with Gasteiger partial charge >= 0.3 is 19.8 Å². The van der Waals surface area contributed by atoms with Crippen LogP contribution in [-0.4, -0.2) is 88.1 Å². The van der Waals surface area contributed by atoms with Gasteiger partial charge in [-0.1, -0.05) is 33.3 Å². The molecule has 12 heteroatoms. The molecular weight excluding hydrogens is 918 g/mol. The van der Waals surface area contributed by atoms with Crippen molar-refractivity contribution in [2.24, 2.45) is 105 Å². The molecule has 14 rings (SSSR count). The van der Waals surface area contributed by atoms with Crippen LogP contribution in [0.1, 0.15) is 150 Å². The first-order chi connectivity index (χ1) is 31.1. The SMILES string of the molecule is C[C@]12CCC(=O)C=C1[C@@H]1C[C@@H]1C1C2CC[C@@]2(C)C1[C@@H]1C[C@@H]1[C@@]2(O)CCC1OCCCO1.C[C@]12CCC3C(C1[C@@H]1C[C@@H]1[C@@]2(O)CCC1OCCCO1)[C@H]1C[C@H]1[C@]1(O)C[C@@H](O)CC[C@]31C.[Mn].[O]=[Mn]. The second-order valence-electron chi connectivity index (χ2n) is 26.1. The third-order valence-electron chi connectivity index (χ3n) is 24.0. The third-order valence-corrected chi connectivity index (χ3v) is 24.0. The van der Waals surface area contributed by atoms with Gasteiger partial charge in [0.1, 0.15) is 0 Å². The summed E-state index contributed by atoms with van der Waals surface area (Å²) in [7, 11) is 0. The number of hydrogen-bond donors (Lipinski definition) is 4. The molecule has 0 aromatic carbocycles. The first kappa shape index (κ1) is 48.2. The monoisotopic (exact) mass is 998 g/mol. The number of carbonyl (C=O) groups is 1. The second kappa shape index (κ2) is 16.5. The molecule has 0 aromatic rings. The van der Waals surface area contributed by atoms with Crippen LogP contribution in [0.2, 0.25) is 0 Å². The summed E-state index contributed by atoms with van der Waals surface area (Å²) in [5, 5.41) is 46.9. The number of ether oxygens (including phenoxy) is 4. The first-order valence-corrected chi connectivity index (χ1v) is 27.3. The Kier molecular flexibility index (Phi) is 12.0. The van der Waals surface area contributed by atoms with Crippen LogP contribution >= 0.6 is 0 Å². The van der Waals surface area contributed by atoms with Crippen LogP contribution in [0.4, 0.5) is 0 Å². The van der Waals surface area contributed by atoms with E-state index in [1.165, 1.54) is 31.3 Å². The van der Waals surface area contributed by atoms with Crippen LogP contribution in [0.25, 0.3) is 0 Å². The number of aliphatic hydroxyl groups excluding tert-OH is 1.